The monoisotopic (exact) mass is 244 g/mol. The molecule has 2 unspecified atom stereocenters. The Hall–Kier alpha value is -0.860. The Balaban J connectivity index is 1.86. The molecule has 2 aliphatic rings. The van der Waals surface area contributed by atoms with Crippen LogP contribution in [0.3, 0.4) is 0 Å². The van der Waals surface area contributed by atoms with Crippen LogP contribution in [-0.2, 0) is 0 Å². The van der Waals surface area contributed by atoms with E-state index in [1.807, 2.05) is 0 Å². The summed E-state index contributed by atoms with van der Waals surface area (Å²) in [6, 6.07) is 9.76. The molecule has 98 valence electrons. The summed E-state index contributed by atoms with van der Waals surface area (Å²) in [5.41, 5.74) is 3.18. The van der Waals surface area contributed by atoms with Crippen molar-refractivity contribution in [2.45, 2.75) is 38.1 Å². The van der Waals surface area contributed by atoms with Crippen LogP contribution < -0.4 is 5.32 Å². The third-order valence-corrected chi connectivity index (χ3v) is 4.57. The van der Waals surface area contributed by atoms with E-state index in [4.69, 9.17) is 0 Å². The minimum atomic E-state index is 0.664. The summed E-state index contributed by atoms with van der Waals surface area (Å²) in [4.78, 5) is 2.70. The summed E-state index contributed by atoms with van der Waals surface area (Å²) in [6.07, 6.45) is 3.96. The summed E-state index contributed by atoms with van der Waals surface area (Å²) >= 11 is 0. The Kier molecular flexibility index (Phi) is 3.67. The fraction of sp³-hybridized carbons (Fsp3) is 0.625. The van der Waals surface area contributed by atoms with Gasteiger partial charge in [0.1, 0.15) is 0 Å². The number of fused-ring (bicyclic) bond motifs is 1. The molecule has 1 aromatic carbocycles. The number of nitrogens with one attached hydrogen (secondary N) is 1. The van der Waals surface area contributed by atoms with E-state index < -0.39 is 0 Å². The zero-order chi connectivity index (χ0) is 12.4. The standard InChI is InChI=1S/C16H24N2/c1-13-7-8-16(15-6-3-2-5-14(13)15)18-11-4-9-17-10-12-18/h2-3,5-6,13,16-17H,4,7-12H2,1H3. The van der Waals surface area contributed by atoms with Crippen molar-refractivity contribution in [2.75, 3.05) is 26.2 Å². The fourth-order valence-electron chi connectivity index (χ4n) is 3.54. The molecule has 3 rings (SSSR count). The molecule has 1 aliphatic heterocycles. The lowest BCUT2D eigenvalue weighted by Crippen LogP contribution is -2.34. The molecule has 0 bridgehead atoms. The molecule has 1 aromatic rings. The molecule has 1 heterocycles. The van der Waals surface area contributed by atoms with Crippen molar-refractivity contribution in [2.24, 2.45) is 0 Å². The van der Waals surface area contributed by atoms with E-state index in [1.165, 1.54) is 38.9 Å². The Morgan fingerprint density at radius 3 is 2.78 bits per heavy atom. The Morgan fingerprint density at radius 1 is 1.06 bits per heavy atom. The highest BCUT2D eigenvalue weighted by molar-refractivity contribution is 5.35. The smallest absolute Gasteiger partial charge is 0.0351 e. The van der Waals surface area contributed by atoms with E-state index in [1.54, 1.807) is 11.1 Å². The maximum Gasteiger partial charge on any atom is 0.0351 e. The third-order valence-electron chi connectivity index (χ3n) is 4.57. The maximum absolute atomic E-state index is 3.51. The van der Waals surface area contributed by atoms with Crippen molar-refractivity contribution >= 4 is 0 Å². The minimum Gasteiger partial charge on any atom is -0.315 e. The molecule has 0 spiro atoms. The topological polar surface area (TPSA) is 15.3 Å². The Bertz CT molecular complexity index is 394. The number of rotatable bonds is 1. The largest absolute Gasteiger partial charge is 0.315 e. The molecule has 1 saturated heterocycles. The van der Waals surface area contributed by atoms with Crippen LogP contribution in [0.25, 0.3) is 0 Å². The van der Waals surface area contributed by atoms with Crippen LogP contribution in [-0.4, -0.2) is 31.1 Å². The van der Waals surface area contributed by atoms with Gasteiger partial charge in [-0.1, -0.05) is 31.2 Å². The zero-order valence-electron chi connectivity index (χ0n) is 11.4. The lowest BCUT2D eigenvalue weighted by molar-refractivity contribution is 0.186. The maximum atomic E-state index is 3.51. The number of hydrogen-bond acceptors (Lipinski definition) is 2. The van der Waals surface area contributed by atoms with Gasteiger partial charge in [-0.3, -0.25) is 4.90 Å². The normalized spacial score (nSPS) is 29.6. The molecule has 0 amide bonds. The predicted octanol–water partition coefficient (Wildman–Crippen LogP) is 2.92. The average Bonchev–Trinajstić information content (AvgIpc) is 2.68. The first kappa shape index (κ1) is 12.2. The molecular weight excluding hydrogens is 220 g/mol. The molecule has 1 aliphatic carbocycles. The van der Waals surface area contributed by atoms with Crippen molar-refractivity contribution in [3.8, 4) is 0 Å². The van der Waals surface area contributed by atoms with Gasteiger partial charge in [-0.15, -0.1) is 0 Å². The zero-order valence-corrected chi connectivity index (χ0v) is 11.4. The average molecular weight is 244 g/mol. The van der Waals surface area contributed by atoms with Crippen LogP contribution >= 0.6 is 0 Å². The van der Waals surface area contributed by atoms with Crippen LogP contribution in [0.4, 0.5) is 0 Å². The van der Waals surface area contributed by atoms with Gasteiger partial charge in [-0.2, -0.15) is 0 Å². The Labute approximate surface area is 110 Å². The third kappa shape index (κ3) is 2.32. The second kappa shape index (κ2) is 5.41. The van der Waals surface area contributed by atoms with Crippen molar-refractivity contribution in [3.05, 3.63) is 35.4 Å². The molecule has 2 atom stereocenters. The lowest BCUT2D eigenvalue weighted by atomic mass is 9.80. The molecule has 1 fully saturated rings. The Morgan fingerprint density at radius 2 is 1.89 bits per heavy atom. The minimum absolute atomic E-state index is 0.664. The summed E-state index contributed by atoms with van der Waals surface area (Å²) in [5, 5.41) is 3.51. The second-order valence-electron chi connectivity index (χ2n) is 5.76. The van der Waals surface area contributed by atoms with Crippen molar-refractivity contribution in [1.82, 2.24) is 10.2 Å². The fourth-order valence-corrected chi connectivity index (χ4v) is 3.54. The molecule has 0 radical (unpaired) electrons. The van der Waals surface area contributed by atoms with Crippen molar-refractivity contribution in [1.29, 1.82) is 0 Å². The van der Waals surface area contributed by atoms with Crippen LogP contribution in [0.2, 0.25) is 0 Å². The van der Waals surface area contributed by atoms with Gasteiger partial charge in [0.25, 0.3) is 0 Å². The van der Waals surface area contributed by atoms with Gasteiger partial charge in [0, 0.05) is 25.7 Å². The van der Waals surface area contributed by atoms with Gasteiger partial charge in [0.05, 0.1) is 0 Å². The van der Waals surface area contributed by atoms with E-state index in [2.05, 4.69) is 41.4 Å². The molecule has 2 nitrogen and oxygen atoms in total. The summed E-state index contributed by atoms with van der Waals surface area (Å²) in [5.74, 6) is 0.738. The second-order valence-corrected chi connectivity index (χ2v) is 5.76. The molecular formula is C16H24N2. The molecule has 18 heavy (non-hydrogen) atoms. The van der Waals surface area contributed by atoms with Gasteiger partial charge in [-0.05, 0) is 42.9 Å². The SMILES string of the molecule is CC1CCC(N2CCCNCC2)c2ccccc21. The first-order chi connectivity index (χ1) is 8.86. The molecule has 0 saturated carbocycles. The summed E-state index contributed by atoms with van der Waals surface area (Å²) in [7, 11) is 0. The quantitative estimate of drug-likeness (QED) is 0.817. The van der Waals surface area contributed by atoms with Gasteiger partial charge in [0.15, 0.2) is 0 Å². The molecule has 0 aromatic heterocycles. The van der Waals surface area contributed by atoms with Crippen LogP contribution in [0, 0.1) is 0 Å². The van der Waals surface area contributed by atoms with Crippen LogP contribution in [0.1, 0.15) is 49.3 Å². The van der Waals surface area contributed by atoms with Crippen molar-refractivity contribution < 1.29 is 0 Å². The number of hydrogen-bond donors (Lipinski definition) is 1. The highest BCUT2D eigenvalue weighted by Crippen LogP contribution is 2.40. The number of nitrogens with zero attached hydrogens (tertiary/aromatic N) is 1. The van der Waals surface area contributed by atoms with Gasteiger partial charge in [0.2, 0.25) is 0 Å². The highest BCUT2D eigenvalue weighted by atomic mass is 15.2. The summed E-state index contributed by atoms with van der Waals surface area (Å²) in [6.45, 7) is 7.16. The predicted molar refractivity (Wildman–Crippen MR) is 75.9 cm³/mol. The first-order valence-electron chi connectivity index (χ1n) is 7.40. The van der Waals surface area contributed by atoms with E-state index in [0.717, 1.165) is 12.5 Å². The summed E-state index contributed by atoms with van der Waals surface area (Å²) < 4.78 is 0. The van der Waals surface area contributed by atoms with Crippen LogP contribution in [0.5, 0.6) is 0 Å². The highest BCUT2D eigenvalue weighted by Gasteiger charge is 2.28. The molecule has 1 N–H and O–H groups in total. The molecule has 2 heteroatoms. The van der Waals surface area contributed by atoms with Gasteiger partial charge >= 0.3 is 0 Å². The number of benzene rings is 1. The van der Waals surface area contributed by atoms with E-state index >= 15 is 0 Å². The van der Waals surface area contributed by atoms with Crippen LogP contribution in [0.15, 0.2) is 24.3 Å². The van der Waals surface area contributed by atoms with Gasteiger partial charge < -0.3 is 5.32 Å². The van der Waals surface area contributed by atoms with Crippen molar-refractivity contribution in [3.63, 3.8) is 0 Å². The first-order valence-corrected chi connectivity index (χ1v) is 7.40. The van der Waals surface area contributed by atoms with E-state index in [-0.39, 0.29) is 0 Å². The lowest BCUT2D eigenvalue weighted by Gasteiger charge is -2.37. The van der Waals surface area contributed by atoms with E-state index in [0.29, 0.717) is 6.04 Å². The van der Waals surface area contributed by atoms with E-state index in [9.17, 15) is 0 Å². The van der Waals surface area contributed by atoms with Gasteiger partial charge in [-0.25, -0.2) is 0 Å².